The highest BCUT2D eigenvalue weighted by molar-refractivity contribution is 6.02. The molecule has 4 heterocycles. The molecule has 0 bridgehead atoms. The number of nitrogens with zero attached hydrogens (tertiary/aromatic N) is 3. The summed E-state index contributed by atoms with van der Waals surface area (Å²) in [6, 6.07) is 7.58. The number of aryl methyl sites for hydroxylation is 1. The summed E-state index contributed by atoms with van der Waals surface area (Å²) in [5.41, 5.74) is 3.63. The monoisotopic (exact) mass is 454 g/mol. The van der Waals surface area contributed by atoms with E-state index in [9.17, 15) is 4.79 Å². The van der Waals surface area contributed by atoms with Crippen molar-refractivity contribution < 1.29 is 28.9 Å². The molecule has 174 valence electrons. The van der Waals surface area contributed by atoms with E-state index in [0.29, 0.717) is 50.0 Å². The van der Waals surface area contributed by atoms with Crippen LogP contribution in [0.1, 0.15) is 39.6 Å². The van der Waals surface area contributed by atoms with Crippen LogP contribution >= 0.6 is 0 Å². The molecule has 1 saturated heterocycles. The van der Waals surface area contributed by atoms with Gasteiger partial charge in [0.15, 0.2) is 6.10 Å². The third-order valence-electron chi connectivity index (χ3n) is 5.88. The zero-order chi connectivity index (χ0) is 22.8. The zero-order valence-corrected chi connectivity index (χ0v) is 18.3. The number of benzene rings is 1. The summed E-state index contributed by atoms with van der Waals surface area (Å²) in [7, 11) is 0. The average molecular weight is 454 g/mol. The molecule has 33 heavy (non-hydrogen) atoms. The number of nitrogens with one attached hydrogen (secondary N) is 1. The third-order valence-corrected chi connectivity index (χ3v) is 5.88. The number of carbonyl (C=O) groups is 1. The molecular weight excluding hydrogens is 428 g/mol. The molecule has 2 N–H and O–H groups in total. The lowest BCUT2D eigenvalue weighted by Crippen LogP contribution is -2.43. The summed E-state index contributed by atoms with van der Waals surface area (Å²) < 4.78 is 16.8. The van der Waals surface area contributed by atoms with Crippen LogP contribution in [0.2, 0.25) is 0 Å². The SMILES string of the molecule is Cc1nc(C(=O)NCc2ccc3c(c2)CCO3)cc(C2=NOC(C3COC(CO)CO3)C2)n1. The number of aliphatic hydroxyl groups excluding tert-OH is 1. The Morgan fingerprint density at radius 2 is 2.09 bits per heavy atom. The van der Waals surface area contributed by atoms with Gasteiger partial charge in [0, 0.05) is 19.4 Å². The quantitative estimate of drug-likeness (QED) is 0.660. The second-order valence-corrected chi connectivity index (χ2v) is 8.30. The second kappa shape index (κ2) is 9.42. The number of fused-ring (bicyclic) bond motifs is 1. The summed E-state index contributed by atoms with van der Waals surface area (Å²) in [5, 5.41) is 16.3. The third kappa shape index (κ3) is 4.82. The van der Waals surface area contributed by atoms with Gasteiger partial charge in [-0.05, 0) is 30.2 Å². The van der Waals surface area contributed by atoms with Crippen molar-refractivity contribution in [3.63, 3.8) is 0 Å². The zero-order valence-electron chi connectivity index (χ0n) is 18.3. The van der Waals surface area contributed by atoms with Crippen LogP contribution in [0.5, 0.6) is 5.75 Å². The number of oxime groups is 1. The lowest BCUT2D eigenvalue weighted by Gasteiger charge is -2.30. The lowest BCUT2D eigenvalue weighted by atomic mass is 10.0. The minimum atomic E-state index is -0.309. The molecule has 0 radical (unpaired) electrons. The molecule has 10 heteroatoms. The highest BCUT2D eigenvalue weighted by Crippen LogP contribution is 2.26. The van der Waals surface area contributed by atoms with E-state index in [1.54, 1.807) is 13.0 Å². The van der Waals surface area contributed by atoms with E-state index in [2.05, 4.69) is 26.5 Å². The lowest BCUT2D eigenvalue weighted by molar-refractivity contribution is -0.178. The van der Waals surface area contributed by atoms with Crippen molar-refractivity contribution in [1.29, 1.82) is 0 Å². The van der Waals surface area contributed by atoms with E-state index < -0.39 is 0 Å². The highest BCUT2D eigenvalue weighted by atomic mass is 16.7. The maximum absolute atomic E-state index is 12.8. The first-order valence-electron chi connectivity index (χ1n) is 11.0. The molecule has 10 nitrogen and oxygen atoms in total. The van der Waals surface area contributed by atoms with E-state index in [-0.39, 0.29) is 36.5 Å². The summed E-state index contributed by atoms with van der Waals surface area (Å²) in [6.45, 7) is 3.39. The Kier molecular flexibility index (Phi) is 6.21. The Labute approximate surface area is 190 Å². The Hall–Kier alpha value is -3.08. The fourth-order valence-electron chi connectivity index (χ4n) is 4.08. The van der Waals surface area contributed by atoms with Crippen molar-refractivity contribution in [2.24, 2.45) is 5.16 Å². The predicted molar refractivity (Wildman–Crippen MR) is 116 cm³/mol. The Morgan fingerprint density at radius 3 is 2.91 bits per heavy atom. The summed E-state index contributed by atoms with van der Waals surface area (Å²) >= 11 is 0. The van der Waals surface area contributed by atoms with E-state index in [1.807, 2.05) is 12.1 Å². The van der Waals surface area contributed by atoms with Gasteiger partial charge in [0.2, 0.25) is 0 Å². The minimum Gasteiger partial charge on any atom is -0.493 e. The van der Waals surface area contributed by atoms with E-state index in [0.717, 1.165) is 23.3 Å². The minimum absolute atomic E-state index is 0.0774. The van der Waals surface area contributed by atoms with Crippen molar-refractivity contribution in [2.45, 2.75) is 44.6 Å². The van der Waals surface area contributed by atoms with Crippen LogP contribution in [0.25, 0.3) is 0 Å². The van der Waals surface area contributed by atoms with Crippen molar-refractivity contribution in [2.75, 3.05) is 26.4 Å². The van der Waals surface area contributed by atoms with Crippen molar-refractivity contribution in [1.82, 2.24) is 15.3 Å². The standard InChI is InChI=1S/C23H26N4O6/c1-13-25-17(18-8-21(33-27-18)22-12-31-16(10-28)11-32-22)7-19(26-13)23(29)24-9-14-2-3-20-15(6-14)4-5-30-20/h2-3,6-7,16,21-22,28H,4-5,8-12H2,1H3,(H,24,29). The van der Waals surface area contributed by atoms with Gasteiger partial charge in [-0.25, -0.2) is 9.97 Å². The first-order chi connectivity index (χ1) is 16.1. The molecule has 3 atom stereocenters. The number of hydrogen-bond acceptors (Lipinski definition) is 9. The molecule has 1 fully saturated rings. The molecule has 0 saturated carbocycles. The van der Waals surface area contributed by atoms with Gasteiger partial charge in [0.25, 0.3) is 5.91 Å². The number of rotatable bonds is 6. The number of ether oxygens (including phenoxy) is 3. The molecule has 1 aromatic carbocycles. The van der Waals surface area contributed by atoms with Crippen LogP contribution in [0.4, 0.5) is 0 Å². The molecule has 3 aliphatic heterocycles. The van der Waals surface area contributed by atoms with Crippen LogP contribution in [-0.4, -0.2) is 71.4 Å². The van der Waals surface area contributed by atoms with Crippen molar-refractivity contribution in [3.8, 4) is 5.75 Å². The molecule has 1 aromatic heterocycles. The van der Waals surface area contributed by atoms with Crippen LogP contribution < -0.4 is 10.1 Å². The van der Waals surface area contributed by atoms with Crippen LogP contribution in [0.15, 0.2) is 29.4 Å². The first-order valence-corrected chi connectivity index (χ1v) is 11.0. The van der Waals surface area contributed by atoms with Gasteiger partial charge in [0.1, 0.15) is 35.2 Å². The Bertz CT molecular complexity index is 1070. The number of carbonyl (C=O) groups excluding carboxylic acids is 1. The Morgan fingerprint density at radius 1 is 1.18 bits per heavy atom. The average Bonchev–Trinajstić information content (AvgIpc) is 3.52. The molecule has 5 rings (SSSR count). The number of aliphatic hydroxyl groups is 1. The molecule has 3 aliphatic rings. The van der Waals surface area contributed by atoms with Gasteiger partial charge in [-0.1, -0.05) is 17.3 Å². The van der Waals surface area contributed by atoms with Crippen molar-refractivity contribution in [3.05, 3.63) is 52.6 Å². The van der Waals surface area contributed by atoms with Gasteiger partial charge < -0.3 is 29.5 Å². The van der Waals surface area contributed by atoms with Gasteiger partial charge in [-0.3, -0.25) is 4.79 Å². The second-order valence-electron chi connectivity index (χ2n) is 8.30. The number of amides is 1. The van der Waals surface area contributed by atoms with Gasteiger partial charge in [-0.2, -0.15) is 0 Å². The number of aromatic nitrogens is 2. The molecule has 0 spiro atoms. The topological polar surface area (TPSA) is 124 Å². The van der Waals surface area contributed by atoms with Gasteiger partial charge in [-0.15, -0.1) is 0 Å². The van der Waals surface area contributed by atoms with Crippen molar-refractivity contribution >= 4 is 11.6 Å². The molecule has 2 aromatic rings. The molecular formula is C23H26N4O6. The maximum Gasteiger partial charge on any atom is 0.270 e. The fraction of sp³-hybridized carbons (Fsp3) is 0.478. The van der Waals surface area contributed by atoms with Crippen LogP contribution in [-0.2, 0) is 27.3 Å². The van der Waals surface area contributed by atoms with Gasteiger partial charge >= 0.3 is 0 Å². The van der Waals surface area contributed by atoms with E-state index >= 15 is 0 Å². The first kappa shape index (κ1) is 21.7. The summed E-state index contributed by atoms with van der Waals surface area (Å²) in [6.07, 6.45) is 0.468. The van der Waals surface area contributed by atoms with E-state index in [1.165, 1.54) is 0 Å². The largest absolute Gasteiger partial charge is 0.493 e. The molecule has 3 unspecified atom stereocenters. The maximum atomic E-state index is 12.8. The predicted octanol–water partition coefficient (Wildman–Crippen LogP) is 0.919. The fourth-order valence-corrected chi connectivity index (χ4v) is 4.08. The van der Waals surface area contributed by atoms with E-state index in [4.69, 9.17) is 24.2 Å². The smallest absolute Gasteiger partial charge is 0.270 e. The van der Waals surface area contributed by atoms with Crippen LogP contribution in [0.3, 0.4) is 0 Å². The normalized spacial score (nSPS) is 23.9. The number of hydrogen-bond donors (Lipinski definition) is 2. The Balaban J connectivity index is 1.21. The van der Waals surface area contributed by atoms with Gasteiger partial charge in [0.05, 0.1) is 32.1 Å². The summed E-state index contributed by atoms with van der Waals surface area (Å²) in [5.74, 6) is 1.10. The molecule has 1 amide bonds. The summed E-state index contributed by atoms with van der Waals surface area (Å²) in [4.78, 5) is 27.1. The van der Waals surface area contributed by atoms with Crippen LogP contribution in [0, 0.1) is 6.92 Å². The highest BCUT2D eigenvalue weighted by Gasteiger charge is 2.35. The molecule has 0 aliphatic carbocycles.